The highest BCUT2D eigenvalue weighted by Crippen LogP contribution is 2.61. The molecule has 0 amide bonds. The molecule has 0 radical (unpaired) electrons. The average molecular weight is 435 g/mol. The molecule has 168 valence electrons. The minimum absolute atomic E-state index is 0.0395. The van der Waals surface area contributed by atoms with Crippen LogP contribution in [0.5, 0.6) is 5.75 Å². The fraction of sp³-hybridized carbons (Fsp3) is 0.423. The molecule has 2 N–H and O–H groups in total. The zero-order valence-electron chi connectivity index (χ0n) is 18.9. The Morgan fingerprint density at radius 1 is 1.28 bits per heavy atom. The van der Waals surface area contributed by atoms with E-state index in [1.807, 2.05) is 18.3 Å². The number of carboxylic acid groups (broad SMARTS) is 1. The smallest absolute Gasteiger partial charge is 0.335 e. The number of benzene rings is 2. The van der Waals surface area contributed by atoms with E-state index in [0.717, 1.165) is 49.4 Å². The SMILES string of the molecule is CCOC12CCN(Cc3c(OC)cc(C)c4[nH]ccc34)C(c3ccc(C(=O)O)cc3)C1C2. The van der Waals surface area contributed by atoms with Crippen molar-refractivity contribution in [2.24, 2.45) is 5.92 Å². The largest absolute Gasteiger partial charge is 0.496 e. The third kappa shape index (κ3) is 3.38. The summed E-state index contributed by atoms with van der Waals surface area (Å²) in [6, 6.07) is 11.8. The number of aromatic nitrogens is 1. The second-order valence-corrected chi connectivity index (χ2v) is 9.04. The first-order valence-corrected chi connectivity index (χ1v) is 11.3. The van der Waals surface area contributed by atoms with Crippen molar-refractivity contribution in [2.45, 2.75) is 44.9 Å². The Morgan fingerprint density at radius 3 is 2.75 bits per heavy atom. The Hall–Kier alpha value is -2.83. The minimum Gasteiger partial charge on any atom is -0.496 e. The Morgan fingerprint density at radius 2 is 2.06 bits per heavy atom. The van der Waals surface area contributed by atoms with E-state index in [2.05, 4.69) is 35.9 Å². The van der Waals surface area contributed by atoms with E-state index in [4.69, 9.17) is 9.47 Å². The number of H-pyrrole nitrogens is 1. The van der Waals surface area contributed by atoms with Crippen molar-refractivity contribution in [3.05, 3.63) is 64.8 Å². The zero-order valence-corrected chi connectivity index (χ0v) is 18.9. The van der Waals surface area contributed by atoms with E-state index >= 15 is 0 Å². The molecule has 1 aromatic heterocycles. The molecule has 2 fully saturated rings. The van der Waals surface area contributed by atoms with Crippen LogP contribution in [0.4, 0.5) is 0 Å². The number of hydrogen-bond acceptors (Lipinski definition) is 4. The molecular weight excluding hydrogens is 404 g/mol. The minimum atomic E-state index is -0.897. The van der Waals surface area contributed by atoms with Crippen molar-refractivity contribution in [3.8, 4) is 5.75 Å². The van der Waals surface area contributed by atoms with Gasteiger partial charge in [0.05, 0.1) is 18.3 Å². The number of methoxy groups -OCH3 is 1. The first-order valence-electron chi connectivity index (χ1n) is 11.3. The Bertz CT molecular complexity index is 1150. The normalized spacial score (nSPS) is 25.0. The zero-order chi connectivity index (χ0) is 22.5. The third-order valence-corrected chi connectivity index (χ3v) is 7.30. The number of carboxylic acids is 1. The van der Waals surface area contributed by atoms with Crippen LogP contribution >= 0.6 is 0 Å². The van der Waals surface area contributed by atoms with Gasteiger partial charge in [-0.3, -0.25) is 4.90 Å². The van der Waals surface area contributed by atoms with Crippen LogP contribution in [-0.4, -0.2) is 46.8 Å². The number of piperidine rings is 1. The first kappa shape index (κ1) is 21.0. The highest BCUT2D eigenvalue weighted by Gasteiger charge is 2.62. The molecule has 1 saturated carbocycles. The van der Waals surface area contributed by atoms with Crippen LogP contribution in [0.1, 0.15) is 52.9 Å². The molecule has 3 atom stereocenters. The van der Waals surface area contributed by atoms with Gasteiger partial charge in [0.25, 0.3) is 0 Å². The molecule has 32 heavy (non-hydrogen) atoms. The molecule has 2 aliphatic rings. The van der Waals surface area contributed by atoms with E-state index < -0.39 is 5.97 Å². The lowest BCUT2D eigenvalue weighted by molar-refractivity contribution is -0.0283. The number of ether oxygens (including phenoxy) is 2. The lowest BCUT2D eigenvalue weighted by atomic mass is 9.91. The number of hydrogen-bond donors (Lipinski definition) is 2. The molecule has 3 unspecified atom stereocenters. The molecular formula is C26H30N2O4. The number of rotatable bonds is 7. The van der Waals surface area contributed by atoms with Gasteiger partial charge in [0, 0.05) is 54.3 Å². The van der Waals surface area contributed by atoms with Crippen LogP contribution in [0.2, 0.25) is 0 Å². The fourth-order valence-corrected chi connectivity index (χ4v) is 5.68. The Labute approximate surface area is 188 Å². The molecule has 5 rings (SSSR count). The summed E-state index contributed by atoms with van der Waals surface area (Å²) in [7, 11) is 1.73. The van der Waals surface area contributed by atoms with E-state index in [0.29, 0.717) is 11.5 Å². The van der Waals surface area contributed by atoms with E-state index in [1.165, 1.54) is 16.5 Å². The van der Waals surface area contributed by atoms with E-state index in [1.54, 1.807) is 19.2 Å². The number of nitrogens with zero attached hydrogens (tertiary/aromatic N) is 1. The fourth-order valence-electron chi connectivity index (χ4n) is 5.68. The first-order chi connectivity index (χ1) is 15.5. The predicted molar refractivity (Wildman–Crippen MR) is 123 cm³/mol. The summed E-state index contributed by atoms with van der Waals surface area (Å²) < 4.78 is 12.0. The summed E-state index contributed by atoms with van der Waals surface area (Å²) in [5, 5.41) is 10.5. The van der Waals surface area contributed by atoms with Crippen molar-refractivity contribution in [3.63, 3.8) is 0 Å². The number of fused-ring (bicyclic) bond motifs is 2. The van der Waals surface area contributed by atoms with Gasteiger partial charge in [0.15, 0.2) is 0 Å². The highest BCUT2D eigenvalue weighted by molar-refractivity contribution is 5.88. The van der Waals surface area contributed by atoms with Crippen molar-refractivity contribution in [1.29, 1.82) is 0 Å². The van der Waals surface area contributed by atoms with Crippen LogP contribution < -0.4 is 4.74 Å². The number of nitrogens with one attached hydrogen (secondary N) is 1. The summed E-state index contributed by atoms with van der Waals surface area (Å²) in [6.45, 7) is 6.57. The van der Waals surface area contributed by atoms with Gasteiger partial charge in [-0.05, 0) is 62.1 Å². The predicted octanol–water partition coefficient (Wildman–Crippen LogP) is 4.93. The number of carbonyl (C=O) groups is 1. The van der Waals surface area contributed by atoms with Gasteiger partial charge in [-0.1, -0.05) is 12.1 Å². The van der Waals surface area contributed by atoms with Gasteiger partial charge in [-0.2, -0.15) is 0 Å². The number of aryl methyl sites for hydroxylation is 1. The second kappa shape index (κ2) is 7.94. The summed E-state index contributed by atoms with van der Waals surface area (Å²) in [4.78, 5) is 17.2. The lowest BCUT2D eigenvalue weighted by Gasteiger charge is -2.39. The molecule has 2 heterocycles. The van der Waals surface area contributed by atoms with Crippen LogP contribution in [-0.2, 0) is 11.3 Å². The quantitative estimate of drug-likeness (QED) is 0.552. The maximum absolute atomic E-state index is 11.4. The van der Waals surface area contributed by atoms with Crippen LogP contribution in [0.15, 0.2) is 42.6 Å². The summed E-state index contributed by atoms with van der Waals surface area (Å²) >= 11 is 0. The molecule has 1 aliphatic heterocycles. The van der Waals surface area contributed by atoms with Gasteiger partial charge >= 0.3 is 5.97 Å². The lowest BCUT2D eigenvalue weighted by Crippen LogP contribution is -2.41. The number of aromatic carboxylic acids is 1. The Balaban J connectivity index is 1.53. The van der Waals surface area contributed by atoms with Crippen LogP contribution in [0.25, 0.3) is 10.9 Å². The molecule has 1 saturated heterocycles. The van der Waals surface area contributed by atoms with Crippen molar-refractivity contribution >= 4 is 16.9 Å². The standard InChI is InChI=1S/C26H30N2O4/c1-4-32-26-10-12-28(15-20-19-9-11-27-23(19)16(2)13-22(20)31-3)24(21(26)14-26)17-5-7-18(8-6-17)25(29)30/h5-9,11,13,21,24,27H,4,10,12,14-15H2,1-3H3,(H,29,30). The second-order valence-electron chi connectivity index (χ2n) is 9.04. The van der Waals surface area contributed by atoms with Crippen molar-refractivity contribution < 1.29 is 19.4 Å². The molecule has 2 aromatic carbocycles. The summed E-state index contributed by atoms with van der Waals surface area (Å²) in [6.07, 6.45) is 4.05. The molecule has 1 aliphatic carbocycles. The van der Waals surface area contributed by atoms with E-state index in [-0.39, 0.29) is 11.6 Å². The number of likely N-dealkylation sites (tertiary alicyclic amines) is 1. The van der Waals surface area contributed by atoms with Gasteiger partial charge < -0.3 is 19.6 Å². The van der Waals surface area contributed by atoms with Crippen molar-refractivity contribution in [1.82, 2.24) is 9.88 Å². The number of aromatic amines is 1. The van der Waals surface area contributed by atoms with Gasteiger partial charge in [0.1, 0.15) is 5.75 Å². The molecule has 6 nitrogen and oxygen atoms in total. The average Bonchev–Trinajstić information content (AvgIpc) is 3.28. The highest BCUT2D eigenvalue weighted by atomic mass is 16.5. The van der Waals surface area contributed by atoms with E-state index in [9.17, 15) is 9.90 Å². The van der Waals surface area contributed by atoms with Gasteiger partial charge in [0.2, 0.25) is 0 Å². The van der Waals surface area contributed by atoms with Crippen LogP contribution in [0.3, 0.4) is 0 Å². The molecule has 0 spiro atoms. The van der Waals surface area contributed by atoms with Crippen LogP contribution in [0, 0.1) is 12.8 Å². The van der Waals surface area contributed by atoms with Gasteiger partial charge in [-0.25, -0.2) is 4.79 Å². The maximum Gasteiger partial charge on any atom is 0.335 e. The topological polar surface area (TPSA) is 74.8 Å². The molecule has 0 bridgehead atoms. The molecule has 3 aromatic rings. The molecule has 6 heteroatoms. The summed E-state index contributed by atoms with van der Waals surface area (Å²) in [5.41, 5.74) is 4.93. The Kier molecular flexibility index (Phi) is 5.22. The monoisotopic (exact) mass is 434 g/mol. The van der Waals surface area contributed by atoms with Gasteiger partial charge in [-0.15, -0.1) is 0 Å². The third-order valence-electron chi connectivity index (χ3n) is 7.30. The maximum atomic E-state index is 11.4. The summed E-state index contributed by atoms with van der Waals surface area (Å²) in [5.74, 6) is 0.420. The van der Waals surface area contributed by atoms with Crippen molar-refractivity contribution in [2.75, 3.05) is 20.3 Å².